The molecule has 38 heavy (non-hydrogen) atoms. The van der Waals surface area contributed by atoms with Gasteiger partial charge in [-0.3, -0.25) is 9.69 Å². The number of rotatable bonds is 6. The van der Waals surface area contributed by atoms with Gasteiger partial charge >= 0.3 is 6.09 Å². The summed E-state index contributed by atoms with van der Waals surface area (Å²) in [4.78, 5) is 33.4. The van der Waals surface area contributed by atoms with Crippen LogP contribution >= 0.6 is 0 Å². The average Bonchev–Trinajstić information content (AvgIpc) is 3.39. The second-order valence-electron chi connectivity index (χ2n) is 11.0. The number of carbonyl (C=O) groups excluding carboxylic acids is 2. The van der Waals surface area contributed by atoms with Gasteiger partial charge in [0, 0.05) is 51.3 Å². The summed E-state index contributed by atoms with van der Waals surface area (Å²) in [6.45, 7) is 11.7. The highest BCUT2D eigenvalue weighted by Gasteiger charge is 2.58. The van der Waals surface area contributed by atoms with Gasteiger partial charge < -0.3 is 24.7 Å². The van der Waals surface area contributed by atoms with Crippen LogP contribution in [0.3, 0.4) is 0 Å². The van der Waals surface area contributed by atoms with Gasteiger partial charge in [-0.25, -0.2) is 18.6 Å². The van der Waals surface area contributed by atoms with Crippen molar-refractivity contribution in [3.63, 3.8) is 0 Å². The molecule has 1 aromatic carbocycles. The van der Waals surface area contributed by atoms with E-state index < -0.39 is 34.8 Å². The molecule has 2 aromatic rings. The van der Waals surface area contributed by atoms with Crippen LogP contribution in [0.15, 0.2) is 18.2 Å². The molecule has 1 fully saturated rings. The number of ether oxygens (including phenoxy) is 2. The number of nitrogens with two attached hydrogens (primary N) is 1. The Morgan fingerprint density at radius 1 is 1.24 bits per heavy atom. The van der Waals surface area contributed by atoms with E-state index in [0.29, 0.717) is 32.0 Å². The van der Waals surface area contributed by atoms with E-state index in [1.54, 1.807) is 4.90 Å². The lowest BCUT2D eigenvalue weighted by Crippen LogP contribution is -2.61. The minimum Gasteiger partial charge on any atom is -0.443 e. The summed E-state index contributed by atoms with van der Waals surface area (Å²) in [5.74, 6) is -0.978. The van der Waals surface area contributed by atoms with E-state index in [1.807, 2.05) is 46.2 Å². The normalized spacial score (nSPS) is 23.8. The van der Waals surface area contributed by atoms with Crippen LogP contribution in [0.25, 0.3) is 0 Å². The number of carbonyl (C=O) groups is 2. The number of amides is 2. The van der Waals surface area contributed by atoms with Crippen molar-refractivity contribution in [3.05, 3.63) is 52.6 Å². The van der Waals surface area contributed by atoms with Gasteiger partial charge in [-0.1, -0.05) is 20.8 Å². The highest BCUT2D eigenvalue weighted by atomic mass is 19.1. The van der Waals surface area contributed by atoms with Crippen molar-refractivity contribution >= 4 is 12.0 Å². The van der Waals surface area contributed by atoms with Crippen molar-refractivity contribution < 1.29 is 27.8 Å². The Hall–Kier alpha value is -3.05. The Bertz CT molecular complexity index is 1220. The second kappa shape index (κ2) is 10.3. The molecular weight excluding hydrogens is 496 g/mol. The second-order valence-corrected chi connectivity index (χ2v) is 11.0. The molecule has 3 heterocycles. The number of primary amides is 1. The van der Waals surface area contributed by atoms with Gasteiger partial charge in [0.1, 0.15) is 23.3 Å². The summed E-state index contributed by atoms with van der Waals surface area (Å²) >= 11 is 0. The van der Waals surface area contributed by atoms with Gasteiger partial charge in [0.15, 0.2) is 5.82 Å². The Kier molecular flexibility index (Phi) is 7.55. The molecule has 0 radical (unpaired) electrons. The molecule has 2 amide bonds. The summed E-state index contributed by atoms with van der Waals surface area (Å²) in [6.07, 6.45) is -1.71. The topological polar surface area (TPSA) is 103 Å². The Labute approximate surface area is 221 Å². The first-order valence-corrected chi connectivity index (χ1v) is 13.0. The molecule has 0 spiro atoms. The molecule has 2 N–H and O–H groups in total. The summed E-state index contributed by atoms with van der Waals surface area (Å²) in [6, 6.07) is 2.97. The number of hydrogen-bond donors (Lipinski definition) is 1. The molecule has 9 nitrogen and oxygen atoms in total. The summed E-state index contributed by atoms with van der Waals surface area (Å²) in [7, 11) is 1.83. The minimum atomic E-state index is -1.47. The lowest BCUT2D eigenvalue weighted by atomic mass is 9.66. The molecule has 0 aliphatic carbocycles. The molecule has 0 bridgehead atoms. The maximum Gasteiger partial charge on any atom is 0.404 e. The number of benzene rings is 1. The first-order valence-electron chi connectivity index (χ1n) is 13.0. The molecule has 3 atom stereocenters. The van der Waals surface area contributed by atoms with Crippen molar-refractivity contribution in [1.29, 1.82) is 0 Å². The van der Waals surface area contributed by atoms with Crippen LogP contribution in [0, 0.1) is 17.0 Å². The zero-order valence-corrected chi connectivity index (χ0v) is 22.9. The molecular formula is C27H37F2N5O4. The van der Waals surface area contributed by atoms with Crippen molar-refractivity contribution in [2.75, 3.05) is 19.7 Å². The third-order valence-corrected chi connectivity index (χ3v) is 7.90. The zero-order valence-electron chi connectivity index (χ0n) is 22.9. The quantitative estimate of drug-likeness (QED) is 0.608. The summed E-state index contributed by atoms with van der Waals surface area (Å²) in [5, 5.41) is 0. The zero-order chi connectivity index (χ0) is 28.0. The number of halogens is 2. The minimum absolute atomic E-state index is 0.0133. The van der Waals surface area contributed by atoms with Gasteiger partial charge in [-0.15, -0.1) is 0 Å². The first-order chi connectivity index (χ1) is 17.8. The Morgan fingerprint density at radius 3 is 2.50 bits per heavy atom. The predicted molar refractivity (Wildman–Crippen MR) is 136 cm³/mol. The van der Waals surface area contributed by atoms with E-state index in [-0.39, 0.29) is 30.5 Å². The van der Waals surface area contributed by atoms with Crippen LogP contribution in [0.1, 0.15) is 68.6 Å². The fourth-order valence-electron chi connectivity index (χ4n) is 5.92. The third kappa shape index (κ3) is 4.66. The molecule has 2 aliphatic rings. The molecule has 0 unspecified atom stereocenters. The summed E-state index contributed by atoms with van der Waals surface area (Å²) < 4.78 is 43.3. The van der Waals surface area contributed by atoms with E-state index in [1.165, 1.54) is 0 Å². The molecule has 0 saturated carbocycles. The fraction of sp³-hybridized carbons (Fsp3) is 0.593. The maximum atomic E-state index is 15.2. The first kappa shape index (κ1) is 28.0. The third-order valence-electron chi connectivity index (χ3n) is 7.90. The summed E-state index contributed by atoms with van der Waals surface area (Å²) in [5.41, 5.74) is 4.91. The Balaban J connectivity index is 1.63. The van der Waals surface area contributed by atoms with Gasteiger partial charge in [-0.05, 0) is 37.5 Å². The van der Waals surface area contributed by atoms with Crippen LogP contribution in [0.5, 0.6) is 0 Å². The largest absolute Gasteiger partial charge is 0.443 e. The lowest BCUT2D eigenvalue weighted by molar-refractivity contribution is -0.231. The van der Waals surface area contributed by atoms with Crippen molar-refractivity contribution in [1.82, 2.24) is 19.4 Å². The van der Waals surface area contributed by atoms with E-state index in [0.717, 1.165) is 29.6 Å². The molecule has 4 rings (SSSR count). The smallest absolute Gasteiger partial charge is 0.404 e. The van der Waals surface area contributed by atoms with Crippen molar-refractivity contribution in [2.24, 2.45) is 18.2 Å². The van der Waals surface area contributed by atoms with Gasteiger partial charge in [0.05, 0.1) is 18.0 Å². The molecule has 11 heteroatoms. The molecule has 208 valence electrons. The van der Waals surface area contributed by atoms with Gasteiger partial charge in [0.25, 0.3) is 5.91 Å². The highest BCUT2D eigenvalue weighted by Crippen LogP contribution is 2.51. The number of nitrogens with zero attached hydrogens (tertiary/aromatic N) is 4. The van der Waals surface area contributed by atoms with Crippen LogP contribution in [0.4, 0.5) is 13.6 Å². The van der Waals surface area contributed by atoms with Crippen molar-refractivity contribution in [3.8, 4) is 0 Å². The van der Waals surface area contributed by atoms with Crippen LogP contribution < -0.4 is 5.73 Å². The number of hydrogen-bond acceptors (Lipinski definition) is 6. The monoisotopic (exact) mass is 533 g/mol. The lowest BCUT2D eigenvalue weighted by Gasteiger charge is -2.53. The van der Waals surface area contributed by atoms with Gasteiger partial charge in [-0.2, -0.15) is 0 Å². The van der Waals surface area contributed by atoms with Gasteiger partial charge in [0.2, 0.25) is 0 Å². The fourth-order valence-corrected chi connectivity index (χ4v) is 5.92. The number of aromatic nitrogens is 2. The number of imidazole rings is 1. The predicted octanol–water partition coefficient (Wildman–Crippen LogP) is 3.69. The molecule has 1 aromatic heterocycles. The Morgan fingerprint density at radius 2 is 1.92 bits per heavy atom. The SMILES string of the molecule is CCN(CC)C(=O)c1nc2c(n1C)CN([C@H]1CO[C@@](c3cc(F)ccc3F)(C(C)(C)C)[C@@H](OC(N)=O)C1)C2. The van der Waals surface area contributed by atoms with E-state index in [2.05, 4.69) is 9.88 Å². The highest BCUT2D eigenvalue weighted by molar-refractivity contribution is 5.91. The molecule has 1 saturated heterocycles. The average molecular weight is 534 g/mol. The van der Waals surface area contributed by atoms with Crippen LogP contribution in [-0.4, -0.2) is 63.2 Å². The van der Waals surface area contributed by atoms with Crippen molar-refractivity contribution in [2.45, 2.75) is 71.9 Å². The van der Waals surface area contributed by atoms with E-state index >= 15 is 4.39 Å². The number of fused-ring (bicyclic) bond motifs is 1. The van der Waals surface area contributed by atoms with E-state index in [4.69, 9.17) is 15.2 Å². The van der Waals surface area contributed by atoms with Crippen LogP contribution in [-0.2, 0) is 35.2 Å². The van der Waals surface area contributed by atoms with Crippen LogP contribution in [0.2, 0.25) is 0 Å². The van der Waals surface area contributed by atoms with E-state index in [9.17, 15) is 14.0 Å². The molecule has 2 aliphatic heterocycles. The standard InChI is InChI=1S/C27H37F2N5O4/c1-7-33(8-2)24(35)23-31-20-13-34(14-21(20)32(23)6)17-12-22(38-25(30)36)27(37-15-17,26(3,4)5)18-11-16(28)9-10-19(18)29/h9-11,17,22H,7-8,12-15H2,1-6H3,(H2,30,36)/t17-,22+,27-/m1/s1. The maximum absolute atomic E-state index is 15.2.